The first kappa shape index (κ1) is 14.0. The van der Waals surface area contributed by atoms with Crippen LogP contribution >= 0.6 is 11.3 Å². The van der Waals surface area contributed by atoms with E-state index >= 15 is 0 Å². The van der Waals surface area contributed by atoms with Gasteiger partial charge in [-0.1, -0.05) is 37.3 Å². The maximum atomic E-state index is 12.4. The number of hydrogen-bond donors (Lipinski definition) is 1. The van der Waals surface area contributed by atoms with E-state index in [1.165, 1.54) is 11.3 Å². The fourth-order valence-corrected chi connectivity index (χ4v) is 3.23. The Morgan fingerprint density at radius 1 is 1.29 bits per heavy atom. The van der Waals surface area contributed by atoms with Crippen molar-refractivity contribution in [3.8, 4) is 11.1 Å². The maximum absolute atomic E-state index is 12.4. The van der Waals surface area contributed by atoms with Crippen molar-refractivity contribution in [3.05, 3.63) is 51.9 Å². The van der Waals surface area contributed by atoms with E-state index < -0.39 is 0 Å². The molecule has 0 fully saturated rings. The molecule has 21 heavy (non-hydrogen) atoms. The fraction of sp³-hybridized carbons (Fsp3) is 0.250. The van der Waals surface area contributed by atoms with E-state index in [1.807, 2.05) is 42.8 Å². The van der Waals surface area contributed by atoms with Crippen molar-refractivity contribution in [2.24, 2.45) is 0 Å². The molecule has 0 atom stereocenters. The molecule has 0 spiro atoms. The zero-order valence-corrected chi connectivity index (χ0v) is 12.9. The van der Waals surface area contributed by atoms with Gasteiger partial charge >= 0.3 is 0 Å². The number of H-pyrrole nitrogens is 1. The van der Waals surface area contributed by atoms with Crippen molar-refractivity contribution < 1.29 is 0 Å². The van der Waals surface area contributed by atoms with E-state index in [0.717, 1.165) is 28.3 Å². The maximum Gasteiger partial charge on any atom is 0.260 e. The summed E-state index contributed by atoms with van der Waals surface area (Å²) in [6.45, 7) is 3.65. The van der Waals surface area contributed by atoms with Gasteiger partial charge in [0.25, 0.3) is 5.56 Å². The summed E-state index contributed by atoms with van der Waals surface area (Å²) in [5.41, 5.74) is 1.95. The van der Waals surface area contributed by atoms with Gasteiger partial charge in [0.1, 0.15) is 10.7 Å². The highest BCUT2D eigenvalue weighted by molar-refractivity contribution is 7.17. The van der Waals surface area contributed by atoms with Crippen LogP contribution in [0, 0.1) is 0 Å². The molecule has 2 heterocycles. The standard InChI is InChI=1S/C16H17N3OS/c1-3-19(2)9-13-17-15(20)14-12(10-21-16(14)18-13)11-7-5-4-6-8-11/h4-8,10H,3,9H2,1-2H3,(H,17,18,20). The van der Waals surface area contributed by atoms with Crippen LogP contribution < -0.4 is 5.56 Å². The van der Waals surface area contributed by atoms with Crippen molar-refractivity contribution in [2.45, 2.75) is 13.5 Å². The predicted molar refractivity (Wildman–Crippen MR) is 87.7 cm³/mol. The Labute approximate surface area is 127 Å². The molecule has 0 saturated heterocycles. The molecule has 0 aliphatic carbocycles. The molecule has 0 aliphatic rings. The van der Waals surface area contributed by atoms with E-state index in [4.69, 9.17) is 0 Å². The molecule has 1 N–H and O–H groups in total. The SMILES string of the molecule is CCN(C)Cc1nc2scc(-c3ccccc3)c2c(=O)[nH]1. The highest BCUT2D eigenvalue weighted by atomic mass is 32.1. The highest BCUT2D eigenvalue weighted by Gasteiger charge is 2.13. The van der Waals surface area contributed by atoms with Gasteiger partial charge in [-0.25, -0.2) is 4.98 Å². The molecule has 4 nitrogen and oxygen atoms in total. The second-order valence-electron chi connectivity index (χ2n) is 5.04. The number of rotatable bonds is 4. The zero-order chi connectivity index (χ0) is 14.8. The first-order chi connectivity index (χ1) is 10.2. The molecule has 1 aromatic carbocycles. The van der Waals surface area contributed by atoms with Gasteiger partial charge in [0.05, 0.1) is 11.9 Å². The molecule has 0 bridgehead atoms. The Hall–Kier alpha value is -1.98. The molecular weight excluding hydrogens is 282 g/mol. The summed E-state index contributed by atoms with van der Waals surface area (Å²) in [6.07, 6.45) is 0. The Morgan fingerprint density at radius 2 is 2.05 bits per heavy atom. The van der Waals surface area contributed by atoms with Crippen LogP contribution in [0.5, 0.6) is 0 Å². The minimum absolute atomic E-state index is 0.0559. The number of benzene rings is 1. The molecule has 5 heteroatoms. The molecule has 0 amide bonds. The van der Waals surface area contributed by atoms with Gasteiger partial charge in [0, 0.05) is 10.9 Å². The number of aromatic amines is 1. The second-order valence-corrected chi connectivity index (χ2v) is 5.90. The molecule has 0 aliphatic heterocycles. The summed E-state index contributed by atoms with van der Waals surface area (Å²) in [4.78, 5) is 22.8. The van der Waals surface area contributed by atoms with Crippen molar-refractivity contribution in [1.82, 2.24) is 14.9 Å². The van der Waals surface area contributed by atoms with Crippen molar-refractivity contribution in [2.75, 3.05) is 13.6 Å². The molecule has 2 aromatic heterocycles. The Kier molecular flexibility index (Phi) is 3.86. The first-order valence-corrected chi connectivity index (χ1v) is 7.81. The van der Waals surface area contributed by atoms with Gasteiger partial charge in [-0.05, 0) is 19.2 Å². The molecule has 108 valence electrons. The van der Waals surface area contributed by atoms with Crippen molar-refractivity contribution >= 4 is 21.6 Å². The van der Waals surface area contributed by atoms with Crippen LogP contribution in [0.4, 0.5) is 0 Å². The Morgan fingerprint density at radius 3 is 2.76 bits per heavy atom. The molecule has 3 rings (SSSR count). The lowest BCUT2D eigenvalue weighted by atomic mass is 10.1. The summed E-state index contributed by atoms with van der Waals surface area (Å²) in [7, 11) is 2.01. The zero-order valence-electron chi connectivity index (χ0n) is 12.1. The number of nitrogens with one attached hydrogen (secondary N) is 1. The molecule has 3 aromatic rings. The monoisotopic (exact) mass is 299 g/mol. The Bertz CT molecular complexity index is 807. The second kappa shape index (κ2) is 5.79. The first-order valence-electron chi connectivity index (χ1n) is 6.93. The van der Waals surface area contributed by atoms with E-state index in [1.54, 1.807) is 0 Å². The lowest BCUT2D eigenvalue weighted by Gasteiger charge is -2.12. The number of fused-ring (bicyclic) bond motifs is 1. The average Bonchev–Trinajstić information content (AvgIpc) is 2.92. The average molecular weight is 299 g/mol. The van der Waals surface area contributed by atoms with Crippen LogP contribution in [0.2, 0.25) is 0 Å². The Balaban J connectivity index is 2.10. The van der Waals surface area contributed by atoms with Crippen LogP contribution in [0.25, 0.3) is 21.3 Å². The lowest BCUT2D eigenvalue weighted by molar-refractivity contribution is 0.336. The van der Waals surface area contributed by atoms with Gasteiger partial charge in [-0.2, -0.15) is 0 Å². The fourth-order valence-electron chi connectivity index (χ4n) is 2.27. The lowest BCUT2D eigenvalue weighted by Crippen LogP contribution is -2.21. The van der Waals surface area contributed by atoms with Gasteiger partial charge in [-0.15, -0.1) is 11.3 Å². The van der Waals surface area contributed by atoms with Crippen LogP contribution in [-0.2, 0) is 6.54 Å². The third-order valence-electron chi connectivity index (χ3n) is 3.54. The summed E-state index contributed by atoms with van der Waals surface area (Å²) >= 11 is 1.52. The summed E-state index contributed by atoms with van der Waals surface area (Å²) < 4.78 is 0. The number of nitrogens with zero attached hydrogens (tertiary/aromatic N) is 2. The summed E-state index contributed by atoms with van der Waals surface area (Å²) in [5.74, 6) is 0.721. The van der Waals surface area contributed by atoms with E-state index in [2.05, 4.69) is 21.8 Å². The van der Waals surface area contributed by atoms with Crippen molar-refractivity contribution in [1.29, 1.82) is 0 Å². The smallest absolute Gasteiger partial charge is 0.260 e. The molecule has 0 saturated carbocycles. The van der Waals surface area contributed by atoms with Gasteiger partial charge in [0.15, 0.2) is 0 Å². The van der Waals surface area contributed by atoms with Gasteiger partial charge in [-0.3, -0.25) is 9.69 Å². The number of hydrogen-bond acceptors (Lipinski definition) is 4. The quantitative estimate of drug-likeness (QED) is 0.805. The van der Waals surface area contributed by atoms with Crippen LogP contribution in [0.3, 0.4) is 0 Å². The van der Waals surface area contributed by atoms with Crippen LogP contribution in [0.15, 0.2) is 40.5 Å². The van der Waals surface area contributed by atoms with Gasteiger partial charge < -0.3 is 4.98 Å². The molecule has 0 radical (unpaired) electrons. The third kappa shape index (κ3) is 2.75. The van der Waals surface area contributed by atoms with Crippen LogP contribution in [0.1, 0.15) is 12.7 Å². The number of aromatic nitrogens is 2. The summed E-state index contributed by atoms with van der Waals surface area (Å²) in [5, 5.41) is 2.70. The normalized spacial score (nSPS) is 11.4. The van der Waals surface area contributed by atoms with E-state index in [-0.39, 0.29) is 5.56 Å². The van der Waals surface area contributed by atoms with Crippen molar-refractivity contribution in [3.63, 3.8) is 0 Å². The number of thiophene rings is 1. The topological polar surface area (TPSA) is 49.0 Å². The largest absolute Gasteiger partial charge is 0.309 e. The third-order valence-corrected chi connectivity index (χ3v) is 4.41. The van der Waals surface area contributed by atoms with Crippen LogP contribution in [-0.4, -0.2) is 28.5 Å². The van der Waals surface area contributed by atoms with E-state index in [9.17, 15) is 4.79 Å². The molecule has 0 unspecified atom stereocenters. The summed E-state index contributed by atoms with van der Waals surface area (Å²) in [6, 6.07) is 9.95. The molecular formula is C16H17N3OS. The predicted octanol–water partition coefficient (Wildman–Crippen LogP) is 3.10. The minimum Gasteiger partial charge on any atom is -0.309 e. The van der Waals surface area contributed by atoms with E-state index in [0.29, 0.717) is 11.9 Å². The highest BCUT2D eigenvalue weighted by Crippen LogP contribution is 2.30. The minimum atomic E-state index is -0.0559. The van der Waals surface area contributed by atoms with Gasteiger partial charge in [0.2, 0.25) is 0 Å².